The van der Waals surface area contributed by atoms with Crippen LogP contribution in [0.2, 0.25) is 0 Å². The lowest BCUT2D eigenvalue weighted by atomic mass is 9.93. The number of amides is 4. The van der Waals surface area contributed by atoms with Crippen LogP contribution in [0.15, 0.2) is 60.9 Å². The molecule has 2 aliphatic rings. The molecule has 14 nitrogen and oxygen atoms in total. The highest BCUT2D eigenvalue weighted by atomic mass is 16.6. The van der Waals surface area contributed by atoms with Crippen LogP contribution in [0.4, 0.5) is 9.59 Å². The number of H-pyrrole nitrogens is 2. The molecule has 1 unspecified atom stereocenters. The van der Waals surface area contributed by atoms with Crippen molar-refractivity contribution in [1.29, 1.82) is 0 Å². The number of aromatic nitrogens is 4. The first kappa shape index (κ1) is 41.0. The molecule has 0 aliphatic carbocycles. The van der Waals surface area contributed by atoms with Gasteiger partial charge in [0, 0.05) is 19.0 Å². The summed E-state index contributed by atoms with van der Waals surface area (Å²) in [5.41, 5.74) is 11.1. The van der Waals surface area contributed by atoms with Crippen molar-refractivity contribution in [3.8, 4) is 33.6 Å². The van der Waals surface area contributed by atoms with Gasteiger partial charge in [-0.3, -0.25) is 9.59 Å². The lowest BCUT2D eigenvalue weighted by Gasteiger charge is -2.31. The molecular formula is C43H56N8O6. The van der Waals surface area contributed by atoms with E-state index in [1.54, 1.807) is 11.1 Å². The van der Waals surface area contributed by atoms with Crippen molar-refractivity contribution < 1.29 is 28.7 Å². The van der Waals surface area contributed by atoms with Crippen LogP contribution in [0.5, 0.6) is 0 Å². The van der Waals surface area contributed by atoms with Crippen LogP contribution < -0.4 is 11.1 Å². The molecule has 4 aromatic rings. The van der Waals surface area contributed by atoms with E-state index in [-0.39, 0.29) is 35.7 Å². The maximum atomic E-state index is 13.8. The Labute approximate surface area is 334 Å². The molecule has 2 fully saturated rings. The quantitative estimate of drug-likeness (QED) is 0.0953. The Morgan fingerprint density at radius 2 is 1.16 bits per heavy atom. The van der Waals surface area contributed by atoms with Crippen molar-refractivity contribution in [2.24, 2.45) is 17.6 Å². The molecule has 0 radical (unpaired) electrons. The van der Waals surface area contributed by atoms with E-state index in [2.05, 4.69) is 56.7 Å². The largest absolute Gasteiger partial charge is 0.453 e. The van der Waals surface area contributed by atoms with E-state index in [9.17, 15) is 19.2 Å². The van der Waals surface area contributed by atoms with Gasteiger partial charge in [0.15, 0.2) is 6.10 Å². The van der Waals surface area contributed by atoms with Gasteiger partial charge in [0.05, 0.1) is 43.0 Å². The van der Waals surface area contributed by atoms with Crippen molar-refractivity contribution in [3.05, 3.63) is 72.6 Å². The molecular weight excluding hydrogens is 725 g/mol. The Morgan fingerprint density at radius 3 is 1.58 bits per heavy atom. The normalized spacial score (nSPS) is 17.9. The number of primary amides is 1. The van der Waals surface area contributed by atoms with Crippen molar-refractivity contribution in [2.75, 3.05) is 20.2 Å². The van der Waals surface area contributed by atoms with Crippen LogP contribution in [0.1, 0.15) is 103 Å². The Bertz CT molecular complexity index is 1980. The SMILES string of the molecule is CCC(CC)[C@H](NC(=O)OC)C(=O)N1CCCC1c1ncc(-c2ccc(-c3ccc(-c4cnc([C@@H]5CCCN5C(=O)[C@@H](OC(N)=O)C(CC)CC)[nH]4)cc3)cc2)[nH]1. The zero-order valence-corrected chi connectivity index (χ0v) is 33.6. The number of carbonyl (C=O) groups is 4. The van der Waals surface area contributed by atoms with Crippen molar-refractivity contribution >= 4 is 24.0 Å². The number of nitrogens with zero attached hydrogens (tertiary/aromatic N) is 4. The average molecular weight is 781 g/mol. The summed E-state index contributed by atoms with van der Waals surface area (Å²) in [7, 11) is 1.31. The van der Waals surface area contributed by atoms with Gasteiger partial charge in [-0.2, -0.15) is 0 Å². The Kier molecular flexibility index (Phi) is 13.3. The minimum absolute atomic E-state index is 0.00421. The molecule has 14 heteroatoms. The van der Waals surface area contributed by atoms with Gasteiger partial charge in [-0.05, 0) is 66.7 Å². The fraction of sp³-hybridized carbons (Fsp3) is 0.488. The summed E-state index contributed by atoms with van der Waals surface area (Å²) < 4.78 is 10.2. The highest BCUT2D eigenvalue weighted by Crippen LogP contribution is 2.36. The van der Waals surface area contributed by atoms with E-state index < -0.39 is 24.3 Å². The molecule has 0 saturated carbocycles. The number of alkyl carbamates (subject to hydrolysis) is 1. The predicted molar refractivity (Wildman–Crippen MR) is 216 cm³/mol. The van der Waals surface area contributed by atoms with E-state index in [4.69, 9.17) is 20.2 Å². The smallest absolute Gasteiger partial charge is 0.407 e. The number of rotatable bonds is 15. The molecule has 5 N–H and O–H groups in total. The molecule has 304 valence electrons. The molecule has 4 amide bonds. The second-order valence-corrected chi connectivity index (χ2v) is 15.0. The number of methoxy groups -OCH3 is 1. The summed E-state index contributed by atoms with van der Waals surface area (Å²) >= 11 is 0. The second kappa shape index (κ2) is 18.5. The molecule has 6 rings (SSSR count). The van der Waals surface area contributed by atoms with Gasteiger partial charge >= 0.3 is 12.2 Å². The fourth-order valence-electron chi connectivity index (χ4n) is 8.48. The summed E-state index contributed by atoms with van der Waals surface area (Å²) in [6.07, 6.45) is 7.26. The first-order chi connectivity index (χ1) is 27.6. The topological polar surface area (TPSA) is 189 Å². The maximum absolute atomic E-state index is 13.8. The van der Waals surface area contributed by atoms with Crippen LogP contribution in [0.25, 0.3) is 33.6 Å². The molecule has 2 aromatic heterocycles. The minimum Gasteiger partial charge on any atom is -0.453 e. The zero-order chi connectivity index (χ0) is 40.6. The number of carbonyl (C=O) groups excluding carboxylic acids is 4. The Morgan fingerprint density at radius 1 is 0.719 bits per heavy atom. The summed E-state index contributed by atoms with van der Waals surface area (Å²) in [5.74, 6) is 0.980. The lowest BCUT2D eigenvalue weighted by Crippen LogP contribution is -2.52. The minimum atomic E-state index is -0.941. The number of likely N-dealkylation sites (tertiary alicyclic amines) is 2. The standard InChI is InChI=1S/C43H56N8O6/c1-6-26(7-2)36(49-43(55)56-5)40(52)50-22-10-12-34(50)38-45-24-32(47-38)30-18-14-28(15-19-30)29-16-20-31(21-17-29)33-25-46-39(48-33)35-13-11-23-51(35)41(53)37(57-42(44)54)27(8-3)9-4/h14-21,24-27,34-37H,6-13,22-23H2,1-5H3,(H2,44,54)(H,45,47)(H,46,48)(H,49,55)/t34?,35-,36-,37-/m0/s1. The van der Waals surface area contributed by atoms with Crippen molar-refractivity contribution in [3.63, 3.8) is 0 Å². The Balaban J connectivity index is 1.11. The fourth-order valence-corrected chi connectivity index (χ4v) is 8.48. The van der Waals surface area contributed by atoms with Gasteiger partial charge in [-0.25, -0.2) is 19.6 Å². The van der Waals surface area contributed by atoms with Gasteiger partial charge in [0.25, 0.3) is 5.91 Å². The summed E-state index contributed by atoms with van der Waals surface area (Å²) in [5, 5.41) is 2.79. The lowest BCUT2D eigenvalue weighted by molar-refractivity contribution is -0.144. The number of aromatic amines is 2. The molecule has 2 aliphatic heterocycles. The number of nitrogens with one attached hydrogen (secondary N) is 3. The van der Waals surface area contributed by atoms with Gasteiger partial charge < -0.3 is 40.3 Å². The molecule has 57 heavy (non-hydrogen) atoms. The average Bonchev–Trinajstić information content (AvgIpc) is 4.07. The van der Waals surface area contributed by atoms with Crippen LogP contribution in [-0.2, 0) is 19.1 Å². The van der Waals surface area contributed by atoms with Crippen molar-refractivity contribution in [1.82, 2.24) is 35.1 Å². The number of hydrogen-bond acceptors (Lipinski definition) is 8. The second-order valence-electron chi connectivity index (χ2n) is 15.0. The first-order valence-electron chi connectivity index (χ1n) is 20.3. The number of imidazole rings is 2. The summed E-state index contributed by atoms with van der Waals surface area (Å²) in [4.78, 5) is 71.3. The van der Waals surface area contributed by atoms with Crippen LogP contribution in [0.3, 0.4) is 0 Å². The number of benzene rings is 2. The Hall–Kier alpha value is -5.66. The maximum Gasteiger partial charge on any atom is 0.407 e. The van der Waals surface area contributed by atoms with Gasteiger partial charge in [-0.1, -0.05) is 89.1 Å². The van der Waals surface area contributed by atoms with Gasteiger partial charge in [-0.15, -0.1) is 0 Å². The van der Waals surface area contributed by atoms with E-state index in [0.717, 1.165) is 78.0 Å². The van der Waals surface area contributed by atoms with E-state index in [0.29, 0.717) is 31.8 Å². The highest BCUT2D eigenvalue weighted by molar-refractivity contribution is 5.87. The molecule has 2 aromatic carbocycles. The highest BCUT2D eigenvalue weighted by Gasteiger charge is 2.40. The third kappa shape index (κ3) is 9.00. The van der Waals surface area contributed by atoms with Crippen LogP contribution >= 0.6 is 0 Å². The zero-order valence-electron chi connectivity index (χ0n) is 33.6. The third-order valence-corrected chi connectivity index (χ3v) is 11.8. The molecule has 4 heterocycles. The molecule has 0 spiro atoms. The van der Waals surface area contributed by atoms with E-state index in [1.807, 2.05) is 50.9 Å². The van der Waals surface area contributed by atoms with E-state index >= 15 is 0 Å². The molecule has 4 atom stereocenters. The van der Waals surface area contributed by atoms with E-state index in [1.165, 1.54) is 7.11 Å². The monoisotopic (exact) mass is 780 g/mol. The van der Waals surface area contributed by atoms with Crippen molar-refractivity contribution in [2.45, 2.75) is 103 Å². The number of ether oxygens (including phenoxy) is 2. The van der Waals surface area contributed by atoms with Gasteiger partial charge in [0.2, 0.25) is 5.91 Å². The summed E-state index contributed by atoms with van der Waals surface area (Å²) in [6, 6.07) is 15.4. The third-order valence-electron chi connectivity index (χ3n) is 11.8. The van der Waals surface area contributed by atoms with Crippen LogP contribution in [-0.4, -0.2) is 86.1 Å². The van der Waals surface area contributed by atoms with Crippen LogP contribution in [0, 0.1) is 11.8 Å². The molecule has 2 saturated heterocycles. The predicted octanol–water partition coefficient (Wildman–Crippen LogP) is 7.52. The number of nitrogens with two attached hydrogens (primary N) is 1. The van der Waals surface area contributed by atoms with Gasteiger partial charge in [0.1, 0.15) is 17.7 Å². The number of hydrogen-bond donors (Lipinski definition) is 4. The molecule has 0 bridgehead atoms. The first-order valence-corrected chi connectivity index (χ1v) is 20.3. The summed E-state index contributed by atoms with van der Waals surface area (Å²) in [6.45, 7) is 9.17.